The van der Waals surface area contributed by atoms with Crippen molar-refractivity contribution < 1.29 is 13.9 Å². The van der Waals surface area contributed by atoms with Gasteiger partial charge in [-0.3, -0.25) is 4.21 Å². The molecule has 0 amide bonds. The van der Waals surface area contributed by atoms with Crippen LogP contribution in [0.1, 0.15) is 58.3 Å². The molecule has 1 N–H and O–H groups in total. The van der Waals surface area contributed by atoms with E-state index < -0.39 is 16.5 Å². The minimum Gasteiger partial charge on any atom is -0.770 e. The summed E-state index contributed by atoms with van der Waals surface area (Å²) in [6.45, 7) is 2.18. The molecular weight excluding hydrogens is 200 g/mol. The number of aliphatic hydroxyl groups excluding tert-OH is 1. The molecule has 0 rings (SSSR count). The van der Waals surface area contributed by atoms with Crippen molar-refractivity contribution in [2.45, 2.75) is 63.7 Å². The fourth-order valence-electron chi connectivity index (χ4n) is 1.37. The summed E-state index contributed by atoms with van der Waals surface area (Å²) in [5.74, 6) is 0. The zero-order valence-corrected chi connectivity index (χ0v) is 9.72. The summed E-state index contributed by atoms with van der Waals surface area (Å²) in [6, 6.07) is 0. The summed E-state index contributed by atoms with van der Waals surface area (Å²) in [7, 11) is 0. The van der Waals surface area contributed by atoms with Gasteiger partial charge in [0, 0.05) is 0 Å². The van der Waals surface area contributed by atoms with E-state index in [2.05, 4.69) is 6.92 Å². The minimum atomic E-state index is -2.32. The van der Waals surface area contributed by atoms with Gasteiger partial charge in [-0.2, -0.15) is 0 Å². The van der Waals surface area contributed by atoms with Gasteiger partial charge >= 0.3 is 0 Å². The van der Waals surface area contributed by atoms with Crippen LogP contribution >= 0.6 is 0 Å². The van der Waals surface area contributed by atoms with Crippen LogP contribution in [0.5, 0.6) is 0 Å². The first-order valence-corrected chi connectivity index (χ1v) is 6.58. The lowest BCUT2D eigenvalue weighted by atomic mass is 10.1. The van der Waals surface area contributed by atoms with E-state index >= 15 is 0 Å². The molecule has 3 nitrogen and oxygen atoms in total. The quantitative estimate of drug-likeness (QED) is 0.480. The van der Waals surface area contributed by atoms with Gasteiger partial charge in [-0.1, -0.05) is 45.4 Å². The molecule has 0 aromatic rings. The SMILES string of the molecule is CCCCCCCCCC(O)S(=O)[O-]. The third-order valence-corrected chi connectivity index (χ3v) is 2.96. The second kappa shape index (κ2) is 9.62. The molecule has 86 valence electrons. The lowest BCUT2D eigenvalue weighted by Gasteiger charge is -2.12. The molecule has 0 bridgehead atoms. The van der Waals surface area contributed by atoms with Crippen molar-refractivity contribution in [1.29, 1.82) is 0 Å². The van der Waals surface area contributed by atoms with Gasteiger partial charge in [-0.25, -0.2) is 0 Å². The first-order valence-electron chi connectivity index (χ1n) is 5.44. The van der Waals surface area contributed by atoms with Crippen molar-refractivity contribution in [3.8, 4) is 0 Å². The van der Waals surface area contributed by atoms with E-state index in [-0.39, 0.29) is 0 Å². The molecule has 0 aromatic carbocycles. The zero-order valence-electron chi connectivity index (χ0n) is 8.91. The van der Waals surface area contributed by atoms with Gasteiger partial charge in [-0.05, 0) is 23.9 Å². The Bertz CT molecular complexity index is 150. The first kappa shape index (κ1) is 14.1. The summed E-state index contributed by atoms with van der Waals surface area (Å²) in [5.41, 5.74) is -1.16. The fraction of sp³-hybridized carbons (Fsp3) is 1.00. The van der Waals surface area contributed by atoms with Crippen LogP contribution in [0.25, 0.3) is 0 Å². The molecule has 0 heterocycles. The lowest BCUT2D eigenvalue weighted by molar-refractivity contribution is 0.229. The van der Waals surface area contributed by atoms with E-state index in [0.29, 0.717) is 6.42 Å². The van der Waals surface area contributed by atoms with Crippen LogP contribution in [0.15, 0.2) is 0 Å². The Morgan fingerprint density at radius 2 is 1.64 bits per heavy atom. The third kappa shape index (κ3) is 8.66. The molecule has 0 aliphatic heterocycles. The Morgan fingerprint density at radius 1 is 1.14 bits per heavy atom. The highest BCUT2D eigenvalue weighted by Gasteiger charge is 2.02. The predicted octanol–water partition coefficient (Wildman–Crippen LogP) is 2.32. The van der Waals surface area contributed by atoms with Crippen molar-refractivity contribution in [3.63, 3.8) is 0 Å². The molecule has 0 saturated carbocycles. The topological polar surface area (TPSA) is 60.4 Å². The van der Waals surface area contributed by atoms with Crippen LogP contribution in [-0.4, -0.2) is 19.3 Å². The summed E-state index contributed by atoms with van der Waals surface area (Å²) in [4.78, 5) is 0. The summed E-state index contributed by atoms with van der Waals surface area (Å²) >= 11 is -2.32. The number of rotatable bonds is 9. The Labute approximate surface area is 89.2 Å². The standard InChI is InChI=1S/C10H22O3S/c1-2-3-4-5-6-7-8-9-10(11)14(12)13/h10-11H,2-9H2,1H3,(H,12,13)/p-1. The molecule has 4 heteroatoms. The van der Waals surface area contributed by atoms with Gasteiger partial charge in [0.25, 0.3) is 0 Å². The Hall–Kier alpha value is 0.0700. The minimum absolute atomic E-state index is 0.379. The van der Waals surface area contributed by atoms with Crippen LogP contribution in [0, 0.1) is 0 Å². The van der Waals surface area contributed by atoms with Crippen LogP contribution in [0.2, 0.25) is 0 Å². The molecule has 0 spiro atoms. The van der Waals surface area contributed by atoms with E-state index in [0.717, 1.165) is 19.3 Å². The average Bonchev–Trinajstić information content (AvgIpc) is 2.16. The van der Waals surface area contributed by atoms with E-state index in [1.165, 1.54) is 25.7 Å². The molecule has 0 radical (unpaired) electrons. The van der Waals surface area contributed by atoms with Crippen molar-refractivity contribution >= 4 is 11.1 Å². The Kier molecular flexibility index (Phi) is 9.67. The van der Waals surface area contributed by atoms with Crippen LogP contribution < -0.4 is 0 Å². The molecule has 2 atom stereocenters. The van der Waals surface area contributed by atoms with Gasteiger partial charge in [0.05, 0.1) is 0 Å². The van der Waals surface area contributed by atoms with Crippen LogP contribution in [0.4, 0.5) is 0 Å². The van der Waals surface area contributed by atoms with Crippen molar-refractivity contribution in [3.05, 3.63) is 0 Å². The van der Waals surface area contributed by atoms with E-state index in [1.54, 1.807) is 0 Å². The largest absolute Gasteiger partial charge is 0.770 e. The van der Waals surface area contributed by atoms with Gasteiger partial charge in [0.15, 0.2) is 0 Å². The van der Waals surface area contributed by atoms with Crippen molar-refractivity contribution in [1.82, 2.24) is 0 Å². The highest BCUT2D eigenvalue weighted by atomic mass is 32.2. The summed E-state index contributed by atoms with van der Waals surface area (Å²) in [6.07, 6.45) is 8.39. The van der Waals surface area contributed by atoms with E-state index in [1.807, 2.05) is 0 Å². The molecule has 0 saturated heterocycles. The van der Waals surface area contributed by atoms with E-state index in [4.69, 9.17) is 5.11 Å². The highest BCUT2D eigenvalue weighted by Crippen LogP contribution is 2.10. The Morgan fingerprint density at radius 3 is 2.14 bits per heavy atom. The summed E-state index contributed by atoms with van der Waals surface area (Å²) < 4.78 is 20.5. The highest BCUT2D eigenvalue weighted by molar-refractivity contribution is 7.79. The van der Waals surface area contributed by atoms with Gasteiger partial charge < -0.3 is 9.66 Å². The van der Waals surface area contributed by atoms with Gasteiger partial charge in [-0.15, -0.1) is 0 Å². The average molecular weight is 221 g/mol. The predicted molar refractivity (Wildman–Crippen MR) is 57.5 cm³/mol. The second-order valence-corrected chi connectivity index (χ2v) is 4.69. The smallest absolute Gasteiger partial charge is 0.115 e. The molecule has 0 aromatic heterocycles. The summed E-state index contributed by atoms with van der Waals surface area (Å²) in [5, 5.41) is 8.95. The second-order valence-electron chi connectivity index (χ2n) is 3.63. The molecule has 0 aliphatic carbocycles. The van der Waals surface area contributed by atoms with E-state index in [9.17, 15) is 8.76 Å². The van der Waals surface area contributed by atoms with Crippen molar-refractivity contribution in [2.24, 2.45) is 0 Å². The van der Waals surface area contributed by atoms with Gasteiger partial charge in [0.1, 0.15) is 5.44 Å². The fourth-order valence-corrected chi connectivity index (χ4v) is 1.73. The maximum atomic E-state index is 10.3. The maximum Gasteiger partial charge on any atom is 0.115 e. The normalized spacial score (nSPS) is 15.4. The molecule has 2 unspecified atom stereocenters. The van der Waals surface area contributed by atoms with Crippen LogP contribution in [-0.2, 0) is 11.1 Å². The number of aliphatic hydroxyl groups is 1. The first-order chi connectivity index (χ1) is 6.68. The maximum absolute atomic E-state index is 10.3. The zero-order chi connectivity index (χ0) is 10.8. The number of unbranched alkanes of at least 4 members (excludes halogenated alkanes) is 6. The lowest BCUT2D eigenvalue weighted by Crippen LogP contribution is -2.12. The van der Waals surface area contributed by atoms with Crippen LogP contribution in [0.3, 0.4) is 0 Å². The monoisotopic (exact) mass is 221 g/mol. The third-order valence-electron chi connectivity index (χ3n) is 2.28. The van der Waals surface area contributed by atoms with Crippen molar-refractivity contribution in [2.75, 3.05) is 0 Å². The molecular formula is C10H21O3S-. The molecule has 0 fully saturated rings. The Balaban J connectivity index is 3.09. The number of hydrogen-bond acceptors (Lipinski definition) is 3. The number of hydrogen-bond donors (Lipinski definition) is 1. The molecule has 0 aliphatic rings. The molecule has 14 heavy (non-hydrogen) atoms. The van der Waals surface area contributed by atoms with Gasteiger partial charge in [0.2, 0.25) is 0 Å².